The molecule has 25 heavy (non-hydrogen) atoms. The van der Waals surface area contributed by atoms with E-state index in [4.69, 9.17) is 20.8 Å². The first-order chi connectivity index (χ1) is 12.1. The molecule has 0 saturated heterocycles. The summed E-state index contributed by atoms with van der Waals surface area (Å²) in [5.41, 5.74) is 3.29. The third-order valence-corrected chi connectivity index (χ3v) is 4.35. The van der Waals surface area contributed by atoms with Gasteiger partial charge in [-0.1, -0.05) is 11.6 Å². The van der Waals surface area contributed by atoms with Crippen LogP contribution in [-0.2, 0) is 9.53 Å². The Bertz CT molecular complexity index is 991. The largest absolute Gasteiger partial charge is 0.463 e. The average Bonchev–Trinajstić information content (AvgIpc) is 3.20. The van der Waals surface area contributed by atoms with Gasteiger partial charge >= 0.3 is 5.97 Å². The number of oxazole rings is 1. The van der Waals surface area contributed by atoms with Gasteiger partial charge in [0, 0.05) is 10.7 Å². The molecule has 2 aromatic heterocycles. The zero-order chi connectivity index (χ0) is 17.6. The SMILES string of the molecule is CCOC(=O)C1=C(C)Nc2nc3cc(Cl)ccc3n2C1c1cocn1. The van der Waals surface area contributed by atoms with Gasteiger partial charge in [-0.05, 0) is 32.0 Å². The molecule has 1 N–H and O–H groups in total. The molecular weight excluding hydrogens is 344 g/mol. The van der Waals surface area contributed by atoms with E-state index in [2.05, 4.69) is 15.3 Å². The summed E-state index contributed by atoms with van der Waals surface area (Å²) in [7, 11) is 0. The number of hydrogen-bond acceptors (Lipinski definition) is 6. The highest BCUT2D eigenvalue weighted by Crippen LogP contribution is 2.39. The van der Waals surface area contributed by atoms with Gasteiger partial charge in [0.1, 0.15) is 18.0 Å². The normalized spacial score (nSPS) is 16.7. The lowest BCUT2D eigenvalue weighted by molar-refractivity contribution is -0.139. The maximum Gasteiger partial charge on any atom is 0.338 e. The Labute approximate surface area is 148 Å². The fraction of sp³-hybridized carbons (Fsp3) is 0.235. The van der Waals surface area contributed by atoms with E-state index in [-0.39, 0.29) is 6.61 Å². The maximum absolute atomic E-state index is 12.6. The van der Waals surface area contributed by atoms with E-state index in [1.807, 2.05) is 17.6 Å². The quantitative estimate of drug-likeness (QED) is 0.721. The minimum Gasteiger partial charge on any atom is -0.463 e. The van der Waals surface area contributed by atoms with Gasteiger partial charge in [-0.15, -0.1) is 0 Å². The first-order valence-electron chi connectivity index (χ1n) is 7.80. The molecule has 8 heteroatoms. The van der Waals surface area contributed by atoms with Crippen molar-refractivity contribution in [2.24, 2.45) is 0 Å². The van der Waals surface area contributed by atoms with Crippen LogP contribution in [-0.4, -0.2) is 27.1 Å². The molecule has 1 unspecified atom stereocenters. The van der Waals surface area contributed by atoms with E-state index < -0.39 is 12.0 Å². The number of ether oxygens (including phenoxy) is 1. The van der Waals surface area contributed by atoms with Gasteiger partial charge in [0.05, 0.1) is 23.2 Å². The van der Waals surface area contributed by atoms with Crippen LogP contribution in [0, 0.1) is 0 Å². The van der Waals surface area contributed by atoms with Crippen molar-refractivity contribution in [1.29, 1.82) is 0 Å². The Balaban J connectivity index is 1.97. The number of halogens is 1. The van der Waals surface area contributed by atoms with Crippen LogP contribution >= 0.6 is 11.6 Å². The summed E-state index contributed by atoms with van der Waals surface area (Å²) in [4.78, 5) is 21.4. The number of anilines is 1. The van der Waals surface area contributed by atoms with Crippen molar-refractivity contribution in [2.45, 2.75) is 19.9 Å². The van der Waals surface area contributed by atoms with Crippen LogP contribution in [0.4, 0.5) is 5.95 Å². The number of nitrogens with zero attached hydrogens (tertiary/aromatic N) is 3. The molecule has 0 spiro atoms. The molecule has 0 fully saturated rings. The first-order valence-corrected chi connectivity index (χ1v) is 8.18. The molecule has 1 aliphatic heterocycles. The molecule has 0 saturated carbocycles. The van der Waals surface area contributed by atoms with Crippen molar-refractivity contribution in [3.05, 3.63) is 52.8 Å². The molecule has 7 nitrogen and oxygen atoms in total. The van der Waals surface area contributed by atoms with E-state index in [1.165, 1.54) is 12.7 Å². The number of nitrogens with one attached hydrogen (secondary N) is 1. The van der Waals surface area contributed by atoms with Crippen LogP contribution in [0.25, 0.3) is 11.0 Å². The number of allylic oxidation sites excluding steroid dienone is 1. The lowest BCUT2D eigenvalue weighted by Crippen LogP contribution is -2.29. The summed E-state index contributed by atoms with van der Waals surface area (Å²) < 4.78 is 12.3. The lowest BCUT2D eigenvalue weighted by Gasteiger charge is -2.28. The Hall–Kier alpha value is -2.80. The van der Waals surface area contributed by atoms with Gasteiger partial charge in [0.15, 0.2) is 6.39 Å². The van der Waals surface area contributed by atoms with Crippen molar-refractivity contribution in [1.82, 2.24) is 14.5 Å². The molecule has 1 aromatic carbocycles. The molecule has 128 valence electrons. The number of benzene rings is 1. The number of rotatable bonds is 3. The van der Waals surface area contributed by atoms with E-state index in [0.717, 1.165) is 11.0 Å². The van der Waals surface area contributed by atoms with Gasteiger partial charge in [0.25, 0.3) is 0 Å². The van der Waals surface area contributed by atoms with Gasteiger partial charge < -0.3 is 14.5 Å². The van der Waals surface area contributed by atoms with Gasteiger partial charge in [0.2, 0.25) is 5.95 Å². The average molecular weight is 359 g/mol. The number of hydrogen-bond donors (Lipinski definition) is 1. The summed E-state index contributed by atoms with van der Waals surface area (Å²) in [6, 6.07) is 4.93. The Morgan fingerprint density at radius 3 is 3.04 bits per heavy atom. The smallest absolute Gasteiger partial charge is 0.338 e. The van der Waals surface area contributed by atoms with E-state index in [1.54, 1.807) is 19.1 Å². The third kappa shape index (κ3) is 2.47. The number of fused-ring (bicyclic) bond motifs is 3. The van der Waals surface area contributed by atoms with E-state index in [0.29, 0.717) is 27.9 Å². The molecule has 1 aliphatic rings. The highest BCUT2D eigenvalue weighted by atomic mass is 35.5. The zero-order valence-electron chi connectivity index (χ0n) is 13.6. The number of carbonyl (C=O) groups excluding carboxylic acids is 1. The third-order valence-electron chi connectivity index (χ3n) is 4.11. The summed E-state index contributed by atoms with van der Waals surface area (Å²) in [5.74, 6) is 0.206. The molecule has 1 atom stereocenters. The van der Waals surface area contributed by atoms with Crippen molar-refractivity contribution >= 4 is 34.6 Å². The van der Waals surface area contributed by atoms with Crippen LogP contribution in [0.2, 0.25) is 5.02 Å². The molecule has 0 bridgehead atoms. The minimum absolute atomic E-state index is 0.286. The fourth-order valence-electron chi connectivity index (χ4n) is 3.10. The predicted octanol–water partition coefficient (Wildman–Crippen LogP) is 3.53. The van der Waals surface area contributed by atoms with Crippen molar-refractivity contribution < 1.29 is 13.9 Å². The van der Waals surface area contributed by atoms with Crippen LogP contribution in [0.3, 0.4) is 0 Å². The van der Waals surface area contributed by atoms with Crippen LogP contribution < -0.4 is 5.32 Å². The molecule has 0 amide bonds. The Kier molecular flexibility index (Phi) is 3.73. The lowest BCUT2D eigenvalue weighted by atomic mass is 10.00. The highest BCUT2D eigenvalue weighted by molar-refractivity contribution is 6.31. The van der Waals surface area contributed by atoms with Crippen LogP contribution in [0.5, 0.6) is 0 Å². The van der Waals surface area contributed by atoms with Gasteiger partial charge in [-0.25, -0.2) is 14.8 Å². The number of esters is 1. The van der Waals surface area contributed by atoms with Crippen molar-refractivity contribution in [2.75, 3.05) is 11.9 Å². The second-order valence-corrected chi connectivity index (χ2v) is 6.07. The summed E-state index contributed by atoms with van der Waals surface area (Å²) in [5, 5.41) is 3.77. The summed E-state index contributed by atoms with van der Waals surface area (Å²) >= 11 is 6.09. The minimum atomic E-state index is -0.500. The second-order valence-electron chi connectivity index (χ2n) is 5.64. The van der Waals surface area contributed by atoms with Gasteiger partial charge in [-0.2, -0.15) is 0 Å². The molecule has 0 aliphatic carbocycles. The zero-order valence-corrected chi connectivity index (χ0v) is 14.4. The molecular formula is C17H15ClN4O3. The van der Waals surface area contributed by atoms with Crippen LogP contribution in [0.15, 0.2) is 46.5 Å². The molecule has 4 rings (SSSR count). The standard InChI is InChI=1S/C17H15ClN4O3/c1-3-25-16(23)14-9(2)20-17-21-11-6-10(18)4-5-13(11)22(17)15(14)12-7-24-8-19-12/h4-8,15H,3H2,1-2H3,(H,20,21). The van der Waals surface area contributed by atoms with Crippen molar-refractivity contribution in [3.8, 4) is 0 Å². The topological polar surface area (TPSA) is 82.2 Å². The number of imidazole rings is 1. The number of aromatic nitrogens is 3. The second kappa shape index (κ2) is 5.93. The molecule has 3 aromatic rings. The molecule has 0 radical (unpaired) electrons. The Morgan fingerprint density at radius 2 is 2.32 bits per heavy atom. The maximum atomic E-state index is 12.6. The summed E-state index contributed by atoms with van der Waals surface area (Å²) in [6.07, 6.45) is 2.86. The fourth-order valence-corrected chi connectivity index (χ4v) is 3.27. The summed E-state index contributed by atoms with van der Waals surface area (Å²) in [6.45, 7) is 3.87. The van der Waals surface area contributed by atoms with E-state index >= 15 is 0 Å². The predicted molar refractivity (Wildman–Crippen MR) is 92.3 cm³/mol. The number of carbonyl (C=O) groups is 1. The van der Waals surface area contributed by atoms with E-state index in [9.17, 15) is 4.79 Å². The Morgan fingerprint density at radius 1 is 1.48 bits per heavy atom. The monoisotopic (exact) mass is 358 g/mol. The van der Waals surface area contributed by atoms with Crippen LogP contribution in [0.1, 0.15) is 25.6 Å². The van der Waals surface area contributed by atoms with Crippen molar-refractivity contribution in [3.63, 3.8) is 0 Å². The van der Waals surface area contributed by atoms with Gasteiger partial charge in [-0.3, -0.25) is 4.57 Å². The highest BCUT2D eigenvalue weighted by Gasteiger charge is 2.36. The molecule has 3 heterocycles. The first kappa shape index (κ1) is 15.7.